The average Bonchev–Trinajstić information content (AvgIpc) is 2.34. The number of hydrogen-bond acceptors (Lipinski definition) is 4. The van der Waals surface area contributed by atoms with Crippen molar-refractivity contribution in [3.8, 4) is 0 Å². The van der Waals surface area contributed by atoms with Crippen LogP contribution in [0.1, 0.15) is 39.0 Å². The molecular weight excluding hydrogens is 254 g/mol. The number of nitrogens with one attached hydrogen (secondary N) is 1. The molecule has 0 aliphatic rings. The number of unbranched alkanes of at least 4 members (excludes halogenated alkanes) is 3. The number of rotatable bonds is 10. The summed E-state index contributed by atoms with van der Waals surface area (Å²) in [7, 11) is 1.26. The molecule has 18 heavy (non-hydrogen) atoms. The first-order valence-corrected chi connectivity index (χ1v) is 7.42. The topological polar surface area (TPSA) is 75.6 Å². The van der Waals surface area contributed by atoms with Crippen molar-refractivity contribution in [1.82, 2.24) is 5.32 Å². The fourth-order valence-corrected chi connectivity index (χ4v) is 2.49. The highest BCUT2D eigenvalue weighted by atomic mass is 32.2. The third-order valence-electron chi connectivity index (χ3n) is 2.48. The van der Waals surface area contributed by atoms with Crippen LogP contribution in [0.15, 0.2) is 0 Å². The lowest BCUT2D eigenvalue weighted by Crippen LogP contribution is -2.41. The molecule has 0 bridgehead atoms. The zero-order valence-electron chi connectivity index (χ0n) is 11.1. The molecule has 0 radical (unpaired) electrons. The molecule has 1 amide bonds. The number of hydrogen-bond donors (Lipinski definition) is 2. The quantitative estimate of drug-likeness (QED) is 0.474. The predicted molar refractivity (Wildman–Crippen MR) is 73.0 cm³/mol. The van der Waals surface area contributed by atoms with E-state index in [1.54, 1.807) is 11.8 Å². The SMILES string of the molecule is CCCCCCSCC[C@H](NC(=O)O)C(=O)OC. The molecule has 5 nitrogen and oxygen atoms in total. The van der Waals surface area contributed by atoms with Gasteiger partial charge in [-0.2, -0.15) is 11.8 Å². The molecular formula is C12H23NO4S. The van der Waals surface area contributed by atoms with Gasteiger partial charge in [0.15, 0.2) is 0 Å². The molecule has 2 N–H and O–H groups in total. The number of carbonyl (C=O) groups excluding carboxylic acids is 1. The number of esters is 1. The van der Waals surface area contributed by atoms with E-state index in [-0.39, 0.29) is 0 Å². The standard InChI is InChI=1S/C12H23NO4S/c1-3-4-5-6-8-18-9-7-10(11(14)17-2)13-12(15)16/h10,13H,3-9H2,1-2H3,(H,15,16)/t10-/m0/s1. The van der Waals surface area contributed by atoms with E-state index in [4.69, 9.17) is 5.11 Å². The summed E-state index contributed by atoms with van der Waals surface area (Å²) in [6.07, 6.45) is 4.16. The number of carboxylic acid groups (broad SMARTS) is 1. The molecule has 0 aliphatic carbocycles. The Morgan fingerprint density at radius 1 is 1.28 bits per heavy atom. The number of ether oxygens (including phenoxy) is 1. The van der Waals surface area contributed by atoms with Crippen LogP contribution < -0.4 is 5.32 Å². The van der Waals surface area contributed by atoms with E-state index in [0.29, 0.717) is 6.42 Å². The van der Waals surface area contributed by atoms with Crippen molar-refractivity contribution in [2.75, 3.05) is 18.6 Å². The maximum absolute atomic E-state index is 11.3. The molecule has 0 aromatic rings. The van der Waals surface area contributed by atoms with E-state index in [1.165, 1.54) is 32.8 Å². The van der Waals surface area contributed by atoms with E-state index in [0.717, 1.165) is 11.5 Å². The second kappa shape index (κ2) is 11.2. The van der Waals surface area contributed by atoms with Crippen molar-refractivity contribution >= 4 is 23.8 Å². The van der Waals surface area contributed by atoms with Crippen LogP contribution in [0.4, 0.5) is 4.79 Å². The molecule has 0 aromatic heterocycles. The van der Waals surface area contributed by atoms with Gasteiger partial charge in [0.1, 0.15) is 6.04 Å². The third-order valence-corrected chi connectivity index (χ3v) is 3.58. The Labute approximate surface area is 113 Å². The Morgan fingerprint density at radius 3 is 2.56 bits per heavy atom. The van der Waals surface area contributed by atoms with Gasteiger partial charge >= 0.3 is 12.1 Å². The fourth-order valence-electron chi connectivity index (χ4n) is 1.47. The van der Waals surface area contributed by atoms with Gasteiger partial charge in [0, 0.05) is 0 Å². The molecule has 0 saturated heterocycles. The molecule has 1 atom stereocenters. The van der Waals surface area contributed by atoms with Crippen LogP contribution >= 0.6 is 11.8 Å². The van der Waals surface area contributed by atoms with Crippen LogP contribution in [0, 0.1) is 0 Å². The van der Waals surface area contributed by atoms with Crippen LogP contribution in [0.3, 0.4) is 0 Å². The van der Waals surface area contributed by atoms with E-state index in [1.807, 2.05) is 0 Å². The highest BCUT2D eigenvalue weighted by Gasteiger charge is 2.20. The molecule has 0 aromatic carbocycles. The van der Waals surface area contributed by atoms with Crippen LogP contribution in [-0.4, -0.2) is 41.8 Å². The molecule has 0 spiro atoms. The van der Waals surface area contributed by atoms with Gasteiger partial charge in [-0.15, -0.1) is 0 Å². The van der Waals surface area contributed by atoms with Crippen molar-refractivity contribution in [3.63, 3.8) is 0 Å². The lowest BCUT2D eigenvalue weighted by molar-refractivity contribution is -0.143. The Morgan fingerprint density at radius 2 is 2.00 bits per heavy atom. The van der Waals surface area contributed by atoms with Crippen molar-refractivity contribution in [2.24, 2.45) is 0 Å². The minimum atomic E-state index is -1.20. The molecule has 0 unspecified atom stereocenters. The maximum atomic E-state index is 11.3. The first kappa shape index (κ1) is 17.1. The van der Waals surface area contributed by atoms with Crippen LogP contribution in [0.5, 0.6) is 0 Å². The Bertz CT molecular complexity index is 248. The van der Waals surface area contributed by atoms with E-state index < -0.39 is 18.1 Å². The first-order valence-electron chi connectivity index (χ1n) is 6.26. The predicted octanol–water partition coefficient (Wildman–Crippen LogP) is 2.50. The molecule has 0 heterocycles. The number of thioether (sulfide) groups is 1. The summed E-state index contributed by atoms with van der Waals surface area (Å²) in [4.78, 5) is 21.8. The summed E-state index contributed by atoms with van der Waals surface area (Å²) in [5, 5.41) is 10.8. The summed E-state index contributed by atoms with van der Waals surface area (Å²) < 4.78 is 4.55. The van der Waals surface area contributed by atoms with E-state index in [9.17, 15) is 9.59 Å². The van der Waals surface area contributed by atoms with Gasteiger partial charge in [-0.3, -0.25) is 0 Å². The molecule has 0 saturated carbocycles. The minimum Gasteiger partial charge on any atom is -0.467 e. The van der Waals surface area contributed by atoms with Gasteiger partial charge in [-0.05, 0) is 24.3 Å². The van der Waals surface area contributed by atoms with Crippen LogP contribution in [0.2, 0.25) is 0 Å². The van der Waals surface area contributed by atoms with E-state index in [2.05, 4.69) is 17.0 Å². The first-order chi connectivity index (χ1) is 8.61. The van der Waals surface area contributed by atoms with Crippen molar-refractivity contribution < 1.29 is 19.4 Å². The summed E-state index contributed by atoms with van der Waals surface area (Å²) >= 11 is 1.75. The highest BCUT2D eigenvalue weighted by molar-refractivity contribution is 7.99. The molecule has 0 rings (SSSR count). The Kier molecular flexibility index (Phi) is 10.6. The molecule has 0 aliphatic heterocycles. The summed E-state index contributed by atoms with van der Waals surface area (Å²) in [6, 6.07) is -0.754. The van der Waals surface area contributed by atoms with Crippen molar-refractivity contribution in [1.29, 1.82) is 0 Å². The van der Waals surface area contributed by atoms with Gasteiger partial charge in [-0.25, -0.2) is 9.59 Å². The van der Waals surface area contributed by atoms with E-state index >= 15 is 0 Å². The molecule has 0 fully saturated rings. The van der Waals surface area contributed by atoms with Crippen LogP contribution in [0.25, 0.3) is 0 Å². The number of methoxy groups -OCH3 is 1. The summed E-state index contributed by atoms with van der Waals surface area (Å²) in [5.41, 5.74) is 0. The van der Waals surface area contributed by atoms with Gasteiger partial charge < -0.3 is 15.2 Å². The minimum absolute atomic E-state index is 0.470. The zero-order chi connectivity index (χ0) is 13.8. The van der Waals surface area contributed by atoms with Crippen molar-refractivity contribution in [2.45, 2.75) is 45.1 Å². The Hall–Kier alpha value is -0.910. The van der Waals surface area contributed by atoms with Gasteiger partial charge in [0.05, 0.1) is 7.11 Å². The van der Waals surface area contributed by atoms with Crippen molar-refractivity contribution in [3.05, 3.63) is 0 Å². The third kappa shape index (κ3) is 9.15. The summed E-state index contributed by atoms with van der Waals surface area (Å²) in [5.74, 6) is 1.29. The average molecular weight is 277 g/mol. The summed E-state index contributed by atoms with van der Waals surface area (Å²) in [6.45, 7) is 2.17. The van der Waals surface area contributed by atoms with Gasteiger partial charge in [-0.1, -0.05) is 26.2 Å². The number of amides is 1. The Balaban J connectivity index is 3.69. The lowest BCUT2D eigenvalue weighted by Gasteiger charge is -2.13. The van der Waals surface area contributed by atoms with Gasteiger partial charge in [0.2, 0.25) is 0 Å². The highest BCUT2D eigenvalue weighted by Crippen LogP contribution is 2.10. The molecule has 6 heteroatoms. The largest absolute Gasteiger partial charge is 0.467 e. The maximum Gasteiger partial charge on any atom is 0.405 e. The second-order valence-corrected chi connectivity index (χ2v) is 5.21. The normalized spacial score (nSPS) is 11.9. The lowest BCUT2D eigenvalue weighted by atomic mass is 10.2. The smallest absolute Gasteiger partial charge is 0.405 e. The second-order valence-electron chi connectivity index (χ2n) is 3.99. The monoisotopic (exact) mass is 277 g/mol. The van der Waals surface area contributed by atoms with Gasteiger partial charge in [0.25, 0.3) is 0 Å². The zero-order valence-corrected chi connectivity index (χ0v) is 11.9. The van der Waals surface area contributed by atoms with Crippen LogP contribution in [-0.2, 0) is 9.53 Å². The molecule has 106 valence electrons. The fraction of sp³-hybridized carbons (Fsp3) is 0.833. The number of carbonyl (C=O) groups is 2.